The van der Waals surface area contributed by atoms with Crippen LogP contribution in [0.15, 0.2) is 94.6 Å². The van der Waals surface area contributed by atoms with Gasteiger partial charge in [-0.05, 0) is 29.3 Å². The Bertz CT molecular complexity index is 1720. The van der Waals surface area contributed by atoms with E-state index in [-0.39, 0.29) is 18.2 Å². The minimum Gasteiger partial charge on any atom is -0.480 e. The molecule has 0 spiro atoms. The van der Waals surface area contributed by atoms with E-state index >= 15 is 0 Å². The molecule has 5 rings (SSSR count). The molecule has 3 aromatic carbocycles. The van der Waals surface area contributed by atoms with Gasteiger partial charge in [-0.15, -0.1) is 0 Å². The molecule has 9 nitrogen and oxygen atoms in total. The summed E-state index contributed by atoms with van der Waals surface area (Å²) in [6.45, 7) is 0. The number of amides is 1. The molecule has 0 bridgehead atoms. The summed E-state index contributed by atoms with van der Waals surface area (Å²) >= 11 is 0. The predicted molar refractivity (Wildman–Crippen MR) is 140 cm³/mol. The summed E-state index contributed by atoms with van der Waals surface area (Å²) in [5.41, 5.74) is 1.25. The highest BCUT2D eigenvalue weighted by Crippen LogP contribution is 2.22. The topological polar surface area (TPSA) is 137 Å². The first-order valence-electron chi connectivity index (χ1n) is 11.8. The number of aromatic amines is 2. The number of fused-ring (bicyclic) bond motifs is 2. The van der Waals surface area contributed by atoms with Crippen LogP contribution in [0.1, 0.15) is 17.2 Å². The van der Waals surface area contributed by atoms with Crippen LogP contribution >= 0.6 is 0 Å². The number of hydrogen-bond donors (Lipinski definition) is 4. The lowest BCUT2D eigenvalue weighted by Crippen LogP contribution is -2.50. The average Bonchev–Trinajstić information content (AvgIpc) is 3.31. The van der Waals surface area contributed by atoms with Crippen molar-refractivity contribution in [2.24, 2.45) is 0 Å². The van der Waals surface area contributed by atoms with Crippen molar-refractivity contribution < 1.29 is 14.7 Å². The van der Waals surface area contributed by atoms with Crippen LogP contribution in [0.25, 0.3) is 21.8 Å². The third-order valence-corrected chi connectivity index (χ3v) is 6.44. The van der Waals surface area contributed by atoms with E-state index in [9.17, 15) is 24.3 Å². The summed E-state index contributed by atoms with van der Waals surface area (Å²) < 4.78 is 0.876. The first-order valence-corrected chi connectivity index (χ1v) is 11.8. The van der Waals surface area contributed by atoms with Gasteiger partial charge in [0.05, 0.1) is 10.9 Å². The number of carbonyl (C=O) groups excluding carboxylic acids is 1. The van der Waals surface area contributed by atoms with Crippen molar-refractivity contribution in [3.63, 3.8) is 0 Å². The van der Waals surface area contributed by atoms with Gasteiger partial charge in [-0.2, -0.15) is 0 Å². The standard InChI is InChI=1S/C28H24N4O5/c33-25(30-23(27(35)36)14-17-8-2-1-3-9-17)24(15-18-16-29-21-12-6-4-10-19(18)21)32-26(34)20-11-5-7-13-22(20)31-28(32)37/h1-13,16,23-24,29H,14-15H2,(H,30,33)(H,31,37)(H,35,36)/t23-,24-/m0/s1. The number of aliphatic carboxylic acids is 1. The highest BCUT2D eigenvalue weighted by Gasteiger charge is 2.30. The van der Waals surface area contributed by atoms with E-state index in [0.717, 1.165) is 21.0 Å². The van der Waals surface area contributed by atoms with Gasteiger partial charge < -0.3 is 20.4 Å². The van der Waals surface area contributed by atoms with Gasteiger partial charge in [0.1, 0.15) is 12.1 Å². The second-order valence-corrected chi connectivity index (χ2v) is 8.82. The van der Waals surface area contributed by atoms with E-state index in [0.29, 0.717) is 11.1 Å². The van der Waals surface area contributed by atoms with Gasteiger partial charge >= 0.3 is 11.7 Å². The molecule has 0 unspecified atom stereocenters. The minimum atomic E-state index is -1.29. The van der Waals surface area contributed by atoms with Crippen molar-refractivity contribution >= 4 is 33.7 Å². The summed E-state index contributed by atoms with van der Waals surface area (Å²) in [6, 6.07) is 20.4. The molecule has 0 fully saturated rings. The molecule has 2 aromatic heterocycles. The number of para-hydroxylation sites is 2. The van der Waals surface area contributed by atoms with Crippen LogP contribution in [-0.2, 0) is 22.4 Å². The Morgan fingerprint density at radius 2 is 1.49 bits per heavy atom. The number of carbonyl (C=O) groups is 2. The number of H-pyrrole nitrogens is 2. The second-order valence-electron chi connectivity index (χ2n) is 8.82. The van der Waals surface area contributed by atoms with Crippen molar-refractivity contribution in [1.82, 2.24) is 19.9 Å². The number of aromatic nitrogens is 3. The average molecular weight is 497 g/mol. The number of carboxylic acid groups (broad SMARTS) is 1. The van der Waals surface area contributed by atoms with Crippen molar-refractivity contribution in [2.75, 3.05) is 0 Å². The molecule has 37 heavy (non-hydrogen) atoms. The van der Waals surface area contributed by atoms with Gasteiger partial charge in [0, 0.05) is 29.9 Å². The van der Waals surface area contributed by atoms with E-state index < -0.39 is 35.2 Å². The predicted octanol–water partition coefficient (Wildman–Crippen LogP) is 2.77. The molecule has 0 aliphatic carbocycles. The number of rotatable bonds is 8. The van der Waals surface area contributed by atoms with Crippen LogP contribution in [0.2, 0.25) is 0 Å². The Morgan fingerprint density at radius 1 is 0.838 bits per heavy atom. The molecular formula is C28H24N4O5. The summed E-state index contributed by atoms with van der Waals surface area (Å²) in [6.07, 6.45) is 1.77. The van der Waals surface area contributed by atoms with Gasteiger partial charge in [0.25, 0.3) is 5.56 Å². The maximum atomic E-state index is 13.7. The van der Waals surface area contributed by atoms with Crippen LogP contribution in [0.5, 0.6) is 0 Å². The van der Waals surface area contributed by atoms with Gasteiger partial charge in [-0.3, -0.25) is 9.59 Å². The van der Waals surface area contributed by atoms with Gasteiger partial charge in [-0.25, -0.2) is 14.2 Å². The zero-order valence-electron chi connectivity index (χ0n) is 19.7. The largest absolute Gasteiger partial charge is 0.480 e. The number of carboxylic acids is 1. The van der Waals surface area contributed by atoms with Crippen molar-refractivity contribution in [3.05, 3.63) is 117 Å². The Kier molecular flexibility index (Phi) is 6.42. The lowest BCUT2D eigenvalue weighted by molar-refractivity contribution is -0.142. The molecule has 0 saturated carbocycles. The van der Waals surface area contributed by atoms with Crippen LogP contribution in [-0.4, -0.2) is 37.6 Å². The van der Waals surface area contributed by atoms with Crippen LogP contribution in [0, 0.1) is 0 Å². The molecule has 0 saturated heterocycles. The number of hydrogen-bond acceptors (Lipinski definition) is 4. The van der Waals surface area contributed by atoms with E-state index in [1.165, 1.54) is 0 Å². The fourth-order valence-corrected chi connectivity index (χ4v) is 4.59. The highest BCUT2D eigenvalue weighted by atomic mass is 16.4. The number of nitrogens with zero attached hydrogens (tertiary/aromatic N) is 1. The van der Waals surface area contributed by atoms with E-state index in [1.54, 1.807) is 54.7 Å². The fourth-order valence-electron chi connectivity index (χ4n) is 4.59. The van der Waals surface area contributed by atoms with Crippen molar-refractivity contribution in [1.29, 1.82) is 0 Å². The van der Waals surface area contributed by atoms with E-state index in [1.807, 2.05) is 30.3 Å². The monoisotopic (exact) mass is 496 g/mol. The third kappa shape index (κ3) is 4.79. The minimum absolute atomic E-state index is 0.00511. The molecular weight excluding hydrogens is 472 g/mol. The van der Waals surface area contributed by atoms with Crippen molar-refractivity contribution in [2.45, 2.75) is 24.9 Å². The molecule has 9 heteroatoms. The Hall–Kier alpha value is -4.92. The van der Waals surface area contributed by atoms with Crippen LogP contribution < -0.4 is 16.6 Å². The Balaban J connectivity index is 1.57. The summed E-state index contributed by atoms with van der Waals surface area (Å²) in [4.78, 5) is 58.0. The summed E-state index contributed by atoms with van der Waals surface area (Å²) in [5, 5.41) is 13.5. The molecule has 2 atom stereocenters. The molecule has 2 heterocycles. The SMILES string of the molecule is O=C(O)[C@H](Cc1ccccc1)NC(=O)[C@H](Cc1c[nH]c2ccccc12)n1c(=O)[nH]c2ccccc2c1=O. The number of benzene rings is 3. The van der Waals surface area contributed by atoms with Gasteiger partial charge in [0.2, 0.25) is 5.91 Å². The lowest BCUT2D eigenvalue weighted by Gasteiger charge is -2.22. The first kappa shape index (κ1) is 23.8. The maximum Gasteiger partial charge on any atom is 0.329 e. The van der Waals surface area contributed by atoms with E-state index in [2.05, 4.69) is 15.3 Å². The van der Waals surface area contributed by atoms with E-state index in [4.69, 9.17) is 0 Å². The molecule has 186 valence electrons. The Morgan fingerprint density at radius 3 is 2.22 bits per heavy atom. The molecule has 5 aromatic rings. The lowest BCUT2D eigenvalue weighted by atomic mass is 10.0. The maximum absolute atomic E-state index is 13.7. The molecule has 0 radical (unpaired) electrons. The first-order chi connectivity index (χ1) is 17.9. The zero-order valence-corrected chi connectivity index (χ0v) is 19.7. The molecule has 4 N–H and O–H groups in total. The summed E-state index contributed by atoms with van der Waals surface area (Å²) in [5.74, 6) is -1.96. The second kappa shape index (κ2) is 9.98. The van der Waals surface area contributed by atoms with Crippen molar-refractivity contribution in [3.8, 4) is 0 Å². The third-order valence-electron chi connectivity index (χ3n) is 6.44. The summed E-state index contributed by atoms with van der Waals surface area (Å²) in [7, 11) is 0. The fraction of sp³-hybridized carbons (Fsp3) is 0.143. The van der Waals surface area contributed by atoms with Gasteiger partial charge in [-0.1, -0.05) is 60.7 Å². The normalized spacial score (nSPS) is 12.9. The molecule has 0 aliphatic heterocycles. The smallest absolute Gasteiger partial charge is 0.329 e. The Labute approximate surface area is 210 Å². The zero-order chi connectivity index (χ0) is 25.9. The number of nitrogens with one attached hydrogen (secondary N) is 3. The highest BCUT2D eigenvalue weighted by molar-refractivity contribution is 5.88. The molecule has 1 amide bonds. The van der Waals surface area contributed by atoms with Crippen LogP contribution in [0.4, 0.5) is 0 Å². The van der Waals surface area contributed by atoms with Crippen LogP contribution in [0.3, 0.4) is 0 Å². The quantitative estimate of drug-likeness (QED) is 0.262. The van der Waals surface area contributed by atoms with Gasteiger partial charge in [0.15, 0.2) is 0 Å². The molecule has 0 aliphatic rings.